The summed E-state index contributed by atoms with van der Waals surface area (Å²) < 4.78 is 1.94. The molecule has 1 aromatic heterocycles. The topological polar surface area (TPSA) is 88.6 Å². The number of rotatable bonds is 4. The number of piperidine rings is 2. The molecule has 0 aliphatic carbocycles. The van der Waals surface area contributed by atoms with E-state index in [4.69, 9.17) is 5.73 Å². The van der Waals surface area contributed by atoms with Crippen molar-refractivity contribution < 1.29 is 9.59 Å². The number of hydrogen-bond acceptors (Lipinski definition) is 4. The molecule has 28 heavy (non-hydrogen) atoms. The fraction of sp³-hybridized carbons (Fsp3) is 0.571. The quantitative estimate of drug-likeness (QED) is 0.768. The fourth-order valence-corrected chi connectivity index (χ4v) is 4.94. The summed E-state index contributed by atoms with van der Waals surface area (Å²) in [6.07, 6.45) is 6.05. The number of nitrogens with two attached hydrogens (primary N) is 1. The largest absolute Gasteiger partial charge is 0.369 e. The summed E-state index contributed by atoms with van der Waals surface area (Å²) in [5.74, 6) is 0.525. The van der Waals surface area contributed by atoms with Crippen molar-refractivity contribution in [3.8, 4) is 0 Å². The van der Waals surface area contributed by atoms with Crippen LogP contribution >= 0.6 is 0 Å². The molecule has 0 saturated carbocycles. The molecule has 2 bridgehead atoms. The van der Waals surface area contributed by atoms with Gasteiger partial charge in [0.25, 0.3) is 5.56 Å². The number of hydrogen-bond donors (Lipinski definition) is 1. The normalized spacial score (nSPS) is 25.6. The smallest absolute Gasteiger partial charge is 0.250 e. The maximum atomic E-state index is 12.4. The molecule has 2 atom stereocenters. The number of fused-ring (bicyclic) bond motifs is 4. The van der Waals surface area contributed by atoms with Gasteiger partial charge >= 0.3 is 0 Å². The van der Waals surface area contributed by atoms with Crippen LogP contribution in [0.3, 0.4) is 0 Å². The van der Waals surface area contributed by atoms with Crippen molar-refractivity contribution in [2.24, 2.45) is 17.6 Å². The summed E-state index contributed by atoms with van der Waals surface area (Å²) in [5.41, 5.74) is 6.59. The zero-order valence-electron chi connectivity index (χ0n) is 16.1. The lowest BCUT2D eigenvalue weighted by molar-refractivity contribution is -0.130. The summed E-state index contributed by atoms with van der Waals surface area (Å²) in [6, 6.07) is 5.57. The Balaban J connectivity index is 1.31. The highest BCUT2D eigenvalue weighted by Crippen LogP contribution is 2.34. The van der Waals surface area contributed by atoms with Gasteiger partial charge in [-0.2, -0.15) is 0 Å². The highest BCUT2D eigenvalue weighted by molar-refractivity contribution is 5.88. The van der Waals surface area contributed by atoms with E-state index in [1.165, 1.54) is 0 Å². The molecule has 0 radical (unpaired) electrons. The van der Waals surface area contributed by atoms with Crippen molar-refractivity contribution in [3.63, 3.8) is 0 Å². The number of carbonyl (C=O) groups is 2. The second-order valence-electron chi connectivity index (χ2n) is 8.32. The average Bonchev–Trinajstić information content (AvgIpc) is 2.69. The van der Waals surface area contributed by atoms with E-state index in [9.17, 15) is 14.4 Å². The Bertz CT molecular complexity index is 838. The lowest BCUT2D eigenvalue weighted by Crippen LogP contribution is -2.47. The van der Waals surface area contributed by atoms with Gasteiger partial charge < -0.3 is 15.2 Å². The van der Waals surface area contributed by atoms with E-state index in [0.717, 1.165) is 38.3 Å². The Morgan fingerprint density at radius 1 is 1.14 bits per heavy atom. The molecule has 150 valence electrons. The molecule has 1 aromatic rings. The van der Waals surface area contributed by atoms with Crippen LogP contribution in [0.1, 0.15) is 30.9 Å². The Hall–Kier alpha value is -2.41. The van der Waals surface area contributed by atoms with Gasteiger partial charge in [0, 0.05) is 68.9 Å². The fourth-order valence-electron chi connectivity index (χ4n) is 4.94. The van der Waals surface area contributed by atoms with Gasteiger partial charge in [-0.05, 0) is 31.2 Å². The van der Waals surface area contributed by atoms with Gasteiger partial charge in [-0.15, -0.1) is 0 Å². The third-order valence-corrected chi connectivity index (χ3v) is 6.39. The predicted octanol–water partition coefficient (Wildman–Crippen LogP) is 0.548. The number of primary amides is 1. The van der Waals surface area contributed by atoms with Crippen LogP contribution in [0.5, 0.6) is 0 Å². The monoisotopic (exact) mass is 384 g/mol. The predicted molar refractivity (Wildman–Crippen MR) is 106 cm³/mol. The summed E-state index contributed by atoms with van der Waals surface area (Å²) in [6.45, 7) is 4.60. The minimum atomic E-state index is -0.262. The molecule has 4 rings (SSSR count). The summed E-state index contributed by atoms with van der Waals surface area (Å²) in [7, 11) is 0. The first-order valence-corrected chi connectivity index (χ1v) is 10.2. The van der Waals surface area contributed by atoms with Crippen LogP contribution in [0.15, 0.2) is 35.1 Å². The van der Waals surface area contributed by atoms with Crippen molar-refractivity contribution in [2.45, 2.75) is 31.7 Å². The first-order chi connectivity index (χ1) is 13.5. The van der Waals surface area contributed by atoms with Crippen molar-refractivity contribution in [2.75, 3.05) is 32.7 Å². The number of carbonyl (C=O) groups excluding carboxylic acids is 2. The minimum Gasteiger partial charge on any atom is -0.369 e. The standard InChI is InChI=1S/C21H28N4O3/c22-21(28)16-6-9-24(10-7-16)19(26)5-2-8-23-12-15-11-17(14-23)18-3-1-4-20(27)25(18)13-15/h1-5,15-17H,6-14H2,(H2,22,28). The van der Waals surface area contributed by atoms with E-state index in [2.05, 4.69) is 11.0 Å². The minimum absolute atomic E-state index is 0.0111. The van der Waals surface area contributed by atoms with E-state index < -0.39 is 0 Å². The van der Waals surface area contributed by atoms with Crippen molar-refractivity contribution >= 4 is 11.8 Å². The van der Waals surface area contributed by atoms with E-state index in [0.29, 0.717) is 37.8 Å². The number of amides is 2. The second kappa shape index (κ2) is 7.91. The molecule has 4 heterocycles. The van der Waals surface area contributed by atoms with Gasteiger partial charge in [-0.25, -0.2) is 0 Å². The Morgan fingerprint density at radius 3 is 2.68 bits per heavy atom. The molecule has 3 aliphatic heterocycles. The van der Waals surface area contributed by atoms with Crippen LogP contribution < -0.4 is 11.3 Å². The van der Waals surface area contributed by atoms with Gasteiger partial charge in [0.15, 0.2) is 0 Å². The molecule has 2 N–H and O–H groups in total. The van der Waals surface area contributed by atoms with Gasteiger partial charge in [0.2, 0.25) is 11.8 Å². The number of nitrogens with zero attached hydrogens (tertiary/aromatic N) is 3. The number of pyridine rings is 1. The van der Waals surface area contributed by atoms with Crippen LogP contribution in [0.2, 0.25) is 0 Å². The van der Waals surface area contributed by atoms with Crippen LogP contribution in [0, 0.1) is 11.8 Å². The van der Waals surface area contributed by atoms with E-state index in [1.54, 1.807) is 17.0 Å². The maximum absolute atomic E-state index is 12.4. The van der Waals surface area contributed by atoms with Gasteiger partial charge in [0.05, 0.1) is 0 Å². The van der Waals surface area contributed by atoms with Crippen LogP contribution in [0.4, 0.5) is 0 Å². The number of aromatic nitrogens is 1. The van der Waals surface area contributed by atoms with E-state index in [1.807, 2.05) is 16.7 Å². The Kier molecular flexibility index (Phi) is 5.35. The molecule has 7 nitrogen and oxygen atoms in total. The lowest BCUT2D eigenvalue weighted by Gasteiger charge is -2.42. The van der Waals surface area contributed by atoms with Crippen LogP contribution in [-0.2, 0) is 16.1 Å². The molecule has 2 unspecified atom stereocenters. The third-order valence-electron chi connectivity index (χ3n) is 6.39. The van der Waals surface area contributed by atoms with Crippen LogP contribution in [-0.4, -0.2) is 58.9 Å². The highest BCUT2D eigenvalue weighted by Gasteiger charge is 2.34. The maximum Gasteiger partial charge on any atom is 0.250 e. The summed E-state index contributed by atoms with van der Waals surface area (Å²) >= 11 is 0. The molecular formula is C21H28N4O3. The third kappa shape index (κ3) is 3.90. The Labute approximate surface area is 164 Å². The molecule has 0 aromatic carbocycles. The molecule has 7 heteroatoms. The van der Waals surface area contributed by atoms with E-state index >= 15 is 0 Å². The summed E-state index contributed by atoms with van der Waals surface area (Å²) in [5, 5.41) is 0. The van der Waals surface area contributed by atoms with Gasteiger partial charge in [0.1, 0.15) is 0 Å². The zero-order chi connectivity index (χ0) is 19.7. The highest BCUT2D eigenvalue weighted by atomic mass is 16.2. The van der Waals surface area contributed by atoms with Crippen molar-refractivity contribution in [3.05, 3.63) is 46.4 Å². The zero-order valence-corrected chi connectivity index (χ0v) is 16.1. The SMILES string of the molecule is NC(=O)C1CCN(C(=O)C=CCN2CC3CC(C2)c2cccc(=O)n2C3)CC1. The first-order valence-electron chi connectivity index (χ1n) is 10.2. The van der Waals surface area contributed by atoms with Crippen molar-refractivity contribution in [1.29, 1.82) is 0 Å². The van der Waals surface area contributed by atoms with Gasteiger partial charge in [-0.1, -0.05) is 12.1 Å². The molecule has 2 amide bonds. The first kappa shape index (κ1) is 18.9. The van der Waals surface area contributed by atoms with Crippen LogP contribution in [0.25, 0.3) is 0 Å². The molecule has 2 saturated heterocycles. The molecular weight excluding hydrogens is 356 g/mol. The number of likely N-dealkylation sites (tertiary alicyclic amines) is 2. The molecule has 2 fully saturated rings. The average molecular weight is 384 g/mol. The summed E-state index contributed by atoms with van der Waals surface area (Å²) in [4.78, 5) is 39.9. The second-order valence-corrected chi connectivity index (χ2v) is 8.32. The lowest BCUT2D eigenvalue weighted by atomic mass is 9.83. The molecule has 0 spiro atoms. The van der Waals surface area contributed by atoms with E-state index in [-0.39, 0.29) is 23.3 Å². The molecule has 3 aliphatic rings. The van der Waals surface area contributed by atoms with Crippen molar-refractivity contribution in [1.82, 2.24) is 14.4 Å². The van der Waals surface area contributed by atoms with Gasteiger partial charge in [-0.3, -0.25) is 19.3 Å². The Morgan fingerprint density at radius 2 is 1.93 bits per heavy atom.